The van der Waals surface area contributed by atoms with E-state index in [9.17, 15) is 4.79 Å². The van der Waals surface area contributed by atoms with E-state index in [1.54, 1.807) is 18.5 Å². The molecule has 0 aliphatic heterocycles. The molecule has 16 heavy (non-hydrogen) atoms. The maximum Gasteiger partial charge on any atom is 0.331 e. The van der Waals surface area contributed by atoms with Crippen molar-refractivity contribution in [2.45, 2.75) is 32.1 Å². The van der Waals surface area contributed by atoms with Gasteiger partial charge in [0, 0.05) is 29.4 Å². The van der Waals surface area contributed by atoms with Crippen LogP contribution in [0.1, 0.15) is 43.5 Å². The minimum absolute atomic E-state index is 0.378. The first-order valence-electron chi connectivity index (χ1n) is 5.46. The van der Waals surface area contributed by atoms with Crippen molar-refractivity contribution in [2.75, 3.05) is 0 Å². The molecule has 4 nitrogen and oxygen atoms in total. The Bertz CT molecular complexity index is 419. The van der Waals surface area contributed by atoms with Crippen LogP contribution < -0.4 is 0 Å². The predicted molar refractivity (Wildman–Crippen MR) is 59.9 cm³/mol. The first-order chi connectivity index (χ1) is 7.70. The van der Waals surface area contributed by atoms with Crippen LogP contribution in [0.25, 0.3) is 6.08 Å². The Morgan fingerprint density at radius 3 is 2.56 bits per heavy atom. The van der Waals surface area contributed by atoms with Gasteiger partial charge < -0.3 is 5.11 Å². The maximum absolute atomic E-state index is 10.8. The molecule has 1 aliphatic carbocycles. The minimum atomic E-state index is -0.881. The molecule has 1 fully saturated rings. The quantitative estimate of drug-likeness (QED) is 0.787. The first kappa shape index (κ1) is 10.8. The fourth-order valence-corrected chi connectivity index (χ4v) is 1.49. The lowest BCUT2D eigenvalue weighted by Crippen LogP contribution is -1.99. The van der Waals surface area contributed by atoms with Crippen molar-refractivity contribution < 1.29 is 9.90 Å². The van der Waals surface area contributed by atoms with Gasteiger partial charge in [0.25, 0.3) is 0 Å². The molecule has 0 amide bonds. The van der Waals surface area contributed by atoms with Crippen molar-refractivity contribution in [2.24, 2.45) is 0 Å². The standard InChI is InChI=1S/C12H14N2O2/c1-2-9(12(15)16)5-8-6-13-11(14-7-8)10-3-4-10/h5-7,10H,2-4H2,1H3,(H,15,16). The Kier molecular flexibility index (Phi) is 2.99. The number of hydrogen-bond donors (Lipinski definition) is 1. The van der Waals surface area contributed by atoms with E-state index in [-0.39, 0.29) is 0 Å². The minimum Gasteiger partial charge on any atom is -0.478 e. The van der Waals surface area contributed by atoms with E-state index in [1.165, 1.54) is 12.8 Å². The number of rotatable bonds is 4. The van der Waals surface area contributed by atoms with Gasteiger partial charge in [-0.05, 0) is 25.3 Å². The van der Waals surface area contributed by atoms with Crippen LogP contribution in [0.2, 0.25) is 0 Å². The normalized spacial score (nSPS) is 16.2. The summed E-state index contributed by atoms with van der Waals surface area (Å²) in [5, 5.41) is 8.88. The zero-order valence-electron chi connectivity index (χ0n) is 9.18. The molecular weight excluding hydrogens is 204 g/mol. The molecule has 0 atom stereocenters. The van der Waals surface area contributed by atoms with Crippen LogP contribution in [0, 0.1) is 0 Å². The summed E-state index contributed by atoms with van der Waals surface area (Å²) in [7, 11) is 0. The number of carboxylic acids is 1. The van der Waals surface area contributed by atoms with E-state index in [2.05, 4.69) is 9.97 Å². The lowest BCUT2D eigenvalue weighted by atomic mass is 10.1. The maximum atomic E-state index is 10.8. The molecule has 0 aromatic carbocycles. The van der Waals surface area contributed by atoms with Crippen molar-refractivity contribution in [3.05, 3.63) is 29.4 Å². The van der Waals surface area contributed by atoms with Crippen LogP contribution >= 0.6 is 0 Å². The average Bonchev–Trinajstić information content (AvgIpc) is 3.10. The number of nitrogens with zero attached hydrogens (tertiary/aromatic N) is 2. The highest BCUT2D eigenvalue weighted by atomic mass is 16.4. The average molecular weight is 218 g/mol. The topological polar surface area (TPSA) is 63.1 Å². The summed E-state index contributed by atoms with van der Waals surface area (Å²) in [4.78, 5) is 19.3. The van der Waals surface area contributed by atoms with Gasteiger partial charge >= 0.3 is 5.97 Å². The Morgan fingerprint density at radius 1 is 1.50 bits per heavy atom. The van der Waals surface area contributed by atoms with Crippen LogP contribution in [-0.2, 0) is 4.79 Å². The van der Waals surface area contributed by atoms with Gasteiger partial charge in [0.05, 0.1) is 0 Å². The van der Waals surface area contributed by atoms with Gasteiger partial charge in [-0.3, -0.25) is 0 Å². The highest BCUT2D eigenvalue weighted by Crippen LogP contribution is 2.37. The smallest absolute Gasteiger partial charge is 0.331 e. The molecule has 1 heterocycles. The number of carboxylic acid groups (broad SMARTS) is 1. The Labute approximate surface area is 94.1 Å². The Morgan fingerprint density at radius 2 is 2.12 bits per heavy atom. The molecule has 1 saturated carbocycles. The second kappa shape index (κ2) is 4.43. The van der Waals surface area contributed by atoms with Crippen molar-refractivity contribution in [1.29, 1.82) is 0 Å². The van der Waals surface area contributed by atoms with Crippen molar-refractivity contribution >= 4 is 12.0 Å². The van der Waals surface area contributed by atoms with Gasteiger partial charge in [-0.15, -0.1) is 0 Å². The monoisotopic (exact) mass is 218 g/mol. The molecule has 2 rings (SSSR count). The van der Waals surface area contributed by atoms with Gasteiger partial charge in [0.1, 0.15) is 5.82 Å². The second-order valence-corrected chi connectivity index (χ2v) is 3.98. The third-order valence-corrected chi connectivity index (χ3v) is 2.63. The lowest BCUT2D eigenvalue weighted by molar-refractivity contribution is -0.132. The summed E-state index contributed by atoms with van der Waals surface area (Å²) in [6.07, 6.45) is 7.85. The van der Waals surface area contributed by atoms with Crippen molar-refractivity contribution in [3.8, 4) is 0 Å². The second-order valence-electron chi connectivity index (χ2n) is 3.98. The predicted octanol–water partition coefficient (Wildman–Crippen LogP) is 2.23. The van der Waals surface area contributed by atoms with Gasteiger partial charge in [-0.25, -0.2) is 14.8 Å². The molecule has 4 heteroatoms. The third kappa shape index (κ3) is 2.45. The molecule has 1 aromatic heterocycles. The summed E-state index contributed by atoms with van der Waals surface area (Å²) in [5.74, 6) is 0.530. The van der Waals surface area contributed by atoms with Crippen LogP contribution in [-0.4, -0.2) is 21.0 Å². The van der Waals surface area contributed by atoms with Crippen LogP contribution in [0.3, 0.4) is 0 Å². The number of aliphatic carboxylic acids is 1. The first-order valence-corrected chi connectivity index (χ1v) is 5.46. The molecule has 1 aromatic rings. The van der Waals surface area contributed by atoms with E-state index in [1.807, 2.05) is 6.92 Å². The van der Waals surface area contributed by atoms with E-state index in [0.29, 0.717) is 17.9 Å². The molecule has 1 N–H and O–H groups in total. The highest BCUT2D eigenvalue weighted by molar-refractivity contribution is 5.91. The van der Waals surface area contributed by atoms with Gasteiger partial charge in [-0.2, -0.15) is 0 Å². The number of aromatic nitrogens is 2. The lowest BCUT2D eigenvalue weighted by Gasteiger charge is -1.99. The summed E-state index contributed by atoms with van der Waals surface area (Å²) in [6.45, 7) is 1.82. The van der Waals surface area contributed by atoms with E-state index in [0.717, 1.165) is 11.4 Å². The molecule has 0 spiro atoms. The van der Waals surface area contributed by atoms with Gasteiger partial charge in [0.15, 0.2) is 0 Å². The van der Waals surface area contributed by atoms with E-state index >= 15 is 0 Å². The summed E-state index contributed by atoms with van der Waals surface area (Å²) in [5.41, 5.74) is 1.13. The third-order valence-electron chi connectivity index (χ3n) is 2.63. The summed E-state index contributed by atoms with van der Waals surface area (Å²) >= 11 is 0. The van der Waals surface area contributed by atoms with Crippen LogP contribution in [0.5, 0.6) is 0 Å². The van der Waals surface area contributed by atoms with E-state index < -0.39 is 5.97 Å². The number of carbonyl (C=O) groups is 1. The SMILES string of the molecule is CCC(=Cc1cnc(C2CC2)nc1)C(=O)O. The van der Waals surface area contributed by atoms with Crippen LogP contribution in [0.15, 0.2) is 18.0 Å². The van der Waals surface area contributed by atoms with Crippen molar-refractivity contribution in [1.82, 2.24) is 9.97 Å². The largest absolute Gasteiger partial charge is 0.478 e. The Balaban J connectivity index is 2.17. The molecule has 84 valence electrons. The molecule has 0 bridgehead atoms. The Hall–Kier alpha value is -1.71. The highest BCUT2D eigenvalue weighted by Gasteiger charge is 2.25. The van der Waals surface area contributed by atoms with Crippen LogP contribution in [0.4, 0.5) is 0 Å². The molecule has 0 saturated heterocycles. The fourth-order valence-electron chi connectivity index (χ4n) is 1.49. The summed E-state index contributed by atoms with van der Waals surface area (Å²) in [6, 6.07) is 0. The van der Waals surface area contributed by atoms with Gasteiger partial charge in [0.2, 0.25) is 0 Å². The van der Waals surface area contributed by atoms with Gasteiger partial charge in [-0.1, -0.05) is 6.92 Å². The molecule has 0 radical (unpaired) electrons. The zero-order chi connectivity index (χ0) is 11.5. The van der Waals surface area contributed by atoms with Crippen molar-refractivity contribution in [3.63, 3.8) is 0 Å². The summed E-state index contributed by atoms with van der Waals surface area (Å²) < 4.78 is 0. The zero-order valence-corrected chi connectivity index (χ0v) is 9.18. The fraction of sp³-hybridized carbons (Fsp3) is 0.417. The van der Waals surface area contributed by atoms with E-state index in [4.69, 9.17) is 5.11 Å². The molecule has 1 aliphatic rings. The molecular formula is C12H14N2O2. The number of hydrogen-bond acceptors (Lipinski definition) is 3. The molecule has 0 unspecified atom stereocenters.